The van der Waals surface area contributed by atoms with Crippen molar-refractivity contribution >= 4 is 11.8 Å². The number of halogens is 5. The van der Waals surface area contributed by atoms with Gasteiger partial charge in [-0.1, -0.05) is 13.0 Å². The lowest BCUT2D eigenvalue weighted by atomic mass is 9.77. The van der Waals surface area contributed by atoms with Crippen LogP contribution in [0, 0.1) is 17.6 Å². The second kappa shape index (κ2) is 8.70. The van der Waals surface area contributed by atoms with E-state index in [1.54, 1.807) is 0 Å². The number of aromatic nitrogens is 1. The van der Waals surface area contributed by atoms with Crippen LogP contribution in [0.2, 0.25) is 0 Å². The lowest BCUT2D eigenvalue weighted by molar-refractivity contribution is -0.272. The average molecular weight is 492 g/mol. The third-order valence-electron chi connectivity index (χ3n) is 5.86. The van der Waals surface area contributed by atoms with Gasteiger partial charge >= 0.3 is 6.18 Å². The number of amides is 2. The Hall–Kier alpha value is -3.48. The summed E-state index contributed by atoms with van der Waals surface area (Å²) in [5, 5.41) is 9.32. The Morgan fingerprint density at radius 1 is 1.32 bits per heavy atom. The van der Waals surface area contributed by atoms with Gasteiger partial charge in [0.25, 0.3) is 11.8 Å². The number of hydrogen-bond donors (Lipinski definition) is 2. The van der Waals surface area contributed by atoms with Gasteiger partial charge in [-0.3, -0.25) is 9.59 Å². The van der Waals surface area contributed by atoms with Gasteiger partial charge in [-0.05, 0) is 25.1 Å². The maximum absolute atomic E-state index is 14.6. The van der Waals surface area contributed by atoms with Crippen molar-refractivity contribution in [3.63, 3.8) is 0 Å². The molecule has 1 aromatic carbocycles. The van der Waals surface area contributed by atoms with Crippen LogP contribution in [0.5, 0.6) is 5.75 Å². The molecule has 184 valence electrons. The van der Waals surface area contributed by atoms with Crippen molar-refractivity contribution in [1.82, 2.24) is 4.73 Å². The molecule has 1 saturated heterocycles. The number of benzene rings is 1. The van der Waals surface area contributed by atoms with Gasteiger partial charge < -0.3 is 20.4 Å². The van der Waals surface area contributed by atoms with Crippen molar-refractivity contribution < 1.29 is 50.3 Å². The Morgan fingerprint density at radius 3 is 2.59 bits per heavy atom. The number of pyridine rings is 1. The molecular weight excluding hydrogens is 469 g/mol. The van der Waals surface area contributed by atoms with Crippen LogP contribution in [0.1, 0.15) is 39.9 Å². The van der Waals surface area contributed by atoms with Gasteiger partial charge in [0, 0.05) is 23.6 Å². The fraction of sp³-hybridized carbons (Fsp3) is 0.381. The molecular formula is C21H20F5N3O5. The first kappa shape index (κ1) is 21.1. The first-order valence-electron chi connectivity index (χ1n) is 11.1. The standard InChI is InChI=1S/C21H20F5N3O5/c1-9-14(11-4-5-12(22)15(23)16(11)33-3)17(34-20(9,2)21(24,25)26)19(31)28-10-6-7-29(32)13(8-10)18(27)30/h4-9,14,17,32H,1-3H3,(H2,27,30)/t9-,14+,17-,20+/m0/s1/i3D3. The summed E-state index contributed by atoms with van der Waals surface area (Å²) in [5.41, 5.74) is 1.03. The number of carbonyl (C=O) groups excluding carboxylic acids is 2. The Morgan fingerprint density at radius 2 is 2.00 bits per heavy atom. The molecule has 0 unspecified atom stereocenters. The van der Waals surface area contributed by atoms with Gasteiger partial charge in [-0.2, -0.15) is 22.3 Å². The van der Waals surface area contributed by atoms with Gasteiger partial charge in [-0.15, -0.1) is 0 Å². The molecule has 13 heteroatoms. The molecule has 0 spiro atoms. The number of rotatable bonds is 4. The van der Waals surface area contributed by atoms with Gasteiger partial charge in [0.05, 0.1) is 16.5 Å². The van der Waals surface area contributed by atoms with E-state index < -0.39 is 77.2 Å². The molecule has 3 rings (SSSR count). The number of hydrogen-bond acceptors (Lipinski definition) is 5. The predicted molar refractivity (Wildman–Crippen MR) is 105 cm³/mol. The van der Waals surface area contributed by atoms with Crippen LogP contribution in [0.3, 0.4) is 0 Å². The highest BCUT2D eigenvalue weighted by atomic mass is 19.4. The van der Waals surface area contributed by atoms with Crippen molar-refractivity contribution in [3.05, 3.63) is 58.7 Å². The summed E-state index contributed by atoms with van der Waals surface area (Å²) in [6.07, 6.45) is -6.25. The number of methoxy groups -OCH3 is 1. The van der Waals surface area contributed by atoms with Gasteiger partial charge in [0.15, 0.2) is 17.2 Å². The first-order chi connectivity index (χ1) is 16.9. The summed E-state index contributed by atoms with van der Waals surface area (Å²) >= 11 is 0. The molecule has 1 aliphatic heterocycles. The maximum atomic E-state index is 14.6. The van der Waals surface area contributed by atoms with E-state index in [1.165, 1.54) is 0 Å². The molecule has 2 heterocycles. The van der Waals surface area contributed by atoms with E-state index in [1.807, 2.05) is 0 Å². The van der Waals surface area contributed by atoms with Crippen LogP contribution < -0.4 is 15.8 Å². The highest BCUT2D eigenvalue weighted by molar-refractivity contribution is 5.91. The number of alkyl halides is 3. The van der Waals surface area contributed by atoms with Crippen molar-refractivity contribution in [2.45, 2.75) is 37.6 Å². The van der Waals surface area contributed by atoms with E-state index in [0.717, 1.165) is 31.3 Å². The smallest absolute Gasteiger partial charge is 0.417 e. The second-order valence-electron chi connectivity index (χ2n) is 7.77. The average Bonchev–Trinajstić information content (AvgIpc) is 3.04. The topological polar surface area (TPSA) is 116 Å². The third-order valence-corrected chi connectivity index (χ3v) is 5.86. The summed E-state index contributed by atoms with van der Waals surface area (Å²) in [5.74, 6) is -10.3. The van der Waals surface area contributed by atoms with Crippen molar-refractivity contribution in [1.29, 1.82) is 0 Å². The monoisotopic (exact) mass is 492 g/mol. The third kappa shape index (κ3) is 4.11. The lowest BCUT2D eigenvalue weighted by Gasteiger charge is -2.32. The Labute approximate surface area is 193 Å². The Bertz CT molecular complexity index is 1310. The minimum Gasteiger partial charge on any atom is -0.493 e. The molecule has 4 atom stereocenters. The minimum absolute atomic E-state index is 0.302. The maximum Gasteiger partial charge on any atom is 0.417 e. The molecule has 34 heavy (non-hydrogen) atoms. The van der Waals surface area contributed by atoms with Crippen molar-refractivity contribution in [2.24, 2.45) is 16.6 Å². The summed E-state index contributed by atoms with van der Waals surface area (Å²) in [7, 11) is -3.32. The van der Waals surface area contributed by atoms with Crippen LogP contribution in [0.15, 0.2) is 35.5 Å². The molecule has 1 aromatic heterocycles. The lowest BCUT2D eigenvalue weighted by Crippen LogP contribution is -2.47. The van der Waals surface area contributed by atoms with E-state index in [4.69, 9.17) is 14.6 Å². The van der Waals surface area contributed by atoms with E-state index in [2.05, 4.69) is 9.73 Å². The van der Waals surface area contributed by atoms with Gasteiger partial charge in [0.1, 0.15) is 11.8 Å². The molecule has 2 aromatic rings. The predicted octanol–water partition coefficient (Wildman–Crippen LogP) is 2.68. The van der Waals surface area contributed by atoms with Crippen LogP contribution >= 0.6 is 0 Å². The molecule has 0 saturated carbocycles. The zero-order valence-corrected chi connectivity index (χ0v) is 17.6. The zero-order chi connectivity index (χ0) is 28.1. The number of nitrogens with two attached hydrogens (primary N) is 1. The molecule has 8 nitrogen and oxygen atoms in total. The SMILES string of the molecule is [2H]C([2H])([2H])Oc1c([C@@H]2[C@@H](C(=O)N=c3ccn(O)c(C(N)=O)c3)O[C@@](C)(C(F)(F)F)[C@H]2C)ccc(F)c1F. The van der Waals surface area contributed by atoms with Gasteiger partial charge in [0.2, 0.25) is 5.82 Å². The molecule has 3 N–H and O–H groups in total. The van der Waals surface area contributed by atoms with Crippen LogP contribution in [-0.2, 0) is 9.53 Å². The quantitative estimate of drug-likeness (QED) is 0.503. The highest BCUT2D eigenvalue weighted by Crippen LogP contribution is 2.55. The first-order valence-corrected chi connectivity index (χ1v) is 9.59. The fourth-order valence-corrected chi connectivity index (χ4v) is 3.85. The fourth-order valence-electron chi connectivity index (χ4n) is 3.85. The number of ether oxygens (including phenoxy) is 2. The van der Waals surface area contributed by atoms with E-state index in [9.17, 15) is 36.7 Å². The summed E-state index contributed by atoms with van der Waals surface area (Å²) in [6.45, 7) is 1.68. The second-order valence-corrected chi connectivity index (χ2v) is 7.77. The molecule has 0 aliphatic carbocycles. The number of nitrogens with zero attached hydrogens (tertiary/aromatic N) is 2. The molecule has 1 fully saturated rings. The Kier molecular flexibility index (Phi) is 5.40. The van der Waals surface area contributed by atoms with E-state index in [0.29, 0.717) is 17.7 Å². The molecule has 2 amide bonds. The summed E-state index contributed by atoms with van der Waals surface area (Å²) in [4.78, 5) is 28.2. The normalized spacial score (nSPS) is 27.1. The summed E-state index contributed by atoms with van der Waals surface area (Å²) in [6, 6.07) is 3.25. The number of carbonyl (C=O) groups is 2. The van der Waals surface area contributed by atoms with Crippen LogP contribution in [-0.4, -0.2) is 46.7 Å². The highest BCUT2D eigenvalue weighted by Gasteiger charge is 2.65. The van der Waals surface area contributed by atoms with Crippen molar-refractivity contribution in [2.75, 3.05) is 7.04 Å². The van der Waals surface area contributed by atoms with E-state index in [-0.39, 0.29) is 5.36 Å². The molecule has 1 aliphatic rings. The van der Waals surface area contributed by atoms with E-state index >= 15 is 0 Å². The van der Waals surface area contributed by atoms with Gasteiger partial charge in [-0.25, -0.2) is 9.38 Å². The van der Waals surface area contributed by atoms with Crippen LogP contribution in [0.4, 0.5) is 22.0 Å². The minimum atomic E-state index is -5.06. The zero-order valence-electron chi connectivity index (χ0n) is 20.6. The largest absolute Gasteiger partial charge is 0.493 e. The Balaban J connectivity index is 2.22. The van der Waals surface area contributed by atoms with Crippen molar-refractivity contribution in [3.8, 4) is 5.75 Å². The molecule has 0 radical (unpaired) electrons. The summed E-state index contributed by atoms with van der Waals surface area (Å²) < 4.78 is 103. The van der Waals surface area contributed by atoms with Crippen LogP contribution in [0.25, 0.3) is 0 Å². The molecule has 0 bridgehead atoms. The number of primary amides is 1.